The Labute approximate surface area is 116 Å². The van der Waals surface area contributed by atoms with Crippen LogP contribution >= 0.6 is 0 Å². The number of rotatable bonds is 8. The molecule has 114 valence electrons. The number of alkyl halides is 1. The molecule has 2 atom stereocenters. The average Bonchev–Trinajstić information content (AvgIpc) is 2.42. The number of halogens is 1. The molecule has 2 unspecified atom stereocenters. The van der Waals surface area contributed by atoms with E-state index in [4.69, 9.17) is 19.9 Å². The van der Waals surface area contributed by atoms with Crippen LogP contribution in [-0.4, -0.2) is 43.4 Å². The normalized spacial score (nSPS) is 13.8. The lowest BCUT2D eigenvalue weighted by Gasteiger charge is -2.19. The molecule has 0 aliphatic rings. The first-order valence-corrected chi connectivity index (χ1v) is 6.12. The van der Waals surface area contributed by atoms with Crippen LogP contribution < -0.4 is 15.2 Å². The molecule has 0 aliphatic carbocycles. The van der Waals surface area contributed by atoms with E-state index in [1.165, 1.54) is 19.2 Å². The van der Waals surface area contributed by atoms with E-state index < -0.39 is 18.8 Å². The Hall–Kier alpha value is -1.57. The molecule has 7 heteroatoms. The van der Waals surface area contributed by atoms with Gasteiger partial charge in [-0.2, -0.15) is 0 Å². The SMILES string of the molecule is COCOc1cc(C(O)C(C)N)cc(O)c1OCCF. The lowest BCUT2D eigenvalue weighted by Crippen LogP contribution is -2.24. The lowest BCUT2D eigenvalue weighted by molar-refractivity contribution is 0.0477. The predicted octanol–water partition coefficient (Wildman–Crippen LogP) is 1.10. The Balaban J connectivity index is 3.10. The van der Waals surface area contributed by atoms with Crippen molar-refractivity contribution in [2.75, 3.05) is 27.2 Å². The summed E-state index contributed by atoms with van der Waals surface area (Å²) in [5, 5.41) is 19.8. The molecule has 0 amide bonds. The second-order valence-corrected chi connectivity index (χ2v) is 4.26. The number of nitrogens with two attached hydrogens (primary N) is 1. The number of benzene rings is 1. The first-order chi connectivity index (χ1) is 9.51. The van der Waals surface area contributed by atoms with Gasteiger partial charge in [0.05, 0.1) is 6.10 Å². The molecule has 1 aromatic carbocycles. The van der Waals surface area contributed by atoms with Gasteiger partial charge in [-0.25, -0.2) is 4.39 Å². The molecule has 0 aromatic heterocycles. The lowest BCUT2D eigenvalue weighted by atomic mass is 10.0. The van der Waals surface area contributed by atoms with Crippen LogP contribution in [0.3, 0.4) is 0 Å². The number of phenolic OH excluding ortho intramolecular Hbond substituents is 1. The van der Waals surface area contributed by atoms with Crippen LogP contribution in [0.25, 0.3) is 0 Å². The molecule has 0 aliphatic heterocycles. The molecule has 0 radical (unpaired) electrons. The molecular weight excluding hydrogens is 269 g/mol. The Kier molecular flexibility index (Phi) is 6.50. The van der Waals surface area contributed by atoms with Crippen molar-refractivity contribution in [1.82, 2.24) is 0 Å². The van der Waals surface area contributed by atoms with Gasteiger partial charge in [-0.15, -0.1) is 0 Å². The molecule has 0 heterocycles. The molecule has 0 fully saturated rings. The smallest absolute Gasteiger partial charge is 0.203 e. The standard InChI is InChI=1S/C13H20FNO5/c1-8(15)12(17)9-5-10(16)13(19-4-3-14)11(6-9)20-7-18-2/h5-6,8,12,16-17H,3-4,7,15H2,1-2H3. The third-order valence-corrected chi connectivity index (χ3v) is 2.55. The summed E-state index contributed by atoms with van der Waals surface area (Å²) in [4.78, 5) is 0. The molecule has 1 rings (SSSR count). The minimum absolute atomic E-state index is 0.000300. The predicted molar refractivity (Wildman–Crippen MR) is 70.7 cm³/mol. The minimum Gasteiger partial charge on any atom is -0.504 e. The van der Waals surface area contributed by atoms with Crippen molar-refractivity contribution >= 4 is 0 Å². The quantitative estimate of drug-likeness (QED) is 0.621. The first kappa shape index (κ1) is 16.5. The fraction of sp³-hybridized carbons (Fsp3) is 0.538. The highest BCUT2D eigenvalue weighted by atomic mass is 19.1. The number of hydrogen-bond donors (Lipinski definition) is 3. The molecule has 6 nitrogen and oxygen atoms in total. The fourth-order valence-electron chi connectivity index (χ4n) is 1.60. The van der Waals surface area contributed by atoms with E-state index in [9.17, 15) is 14.6 Å². The van der Waals surface area contributed by atoms with Crippen LogP contribution in [0.4, 0.5) is 4.39 Å². The van der Waals surface area contributed by atoms with Crippen LogP contribution in [0.15, 0.2) is 12.1 Å². The van der Waals surface area contributed by atoms with Crippen LogP contribution in [0.1, 0.15) is 18.6 Å². The van der Waals surface area contributed by atoms with Gasteiger partial charge in [0.1, 0.15) is 13.3 Å². The topological polar surface area (TPSA) is 94.2 Å². The van der Waals surface area contributed by atoms with Crippen LogP contribution in [0, 0.1) is 0 Å². The summed E-state index contributed by atoms with van der Waals surface area (Å²) < 4.78 is 27.3. The minimum atomic E-state index is -0.971. The zero-order valence-electron chi connectivity index (χ0n) is 11.5. The van der Waals surface area contributed by atoms with Gasteiger partial charge >= 0.3 is 0 Å². The Morgan fingerprint density at radius 1 is 1.35 bits per heavy atom. The first-order valence-electron chi connectivity index (χ1n) is 6.12. The van der Waals surface area contributed by atoms with Crippen LogP contribution in [0.5, 0.6) is 17.2 Å². The van der Waals surface area contributed by atoms with Crippen molar-refractivity contribution in [3.05, 3.63) is 17.7 Å². The van der Waals surface area contributed by atoms with Gasteiger partial charge in [-0.05, 0) is 24.6 Å². The maximum absolute atomic E-state index is 12.2. The number of phenols is 1. The van der Waals surface area contributed by atoms with Gasteiger partial charge < -0.3 is 30.2 Å². The van der Waals surface area contributed by atoms with Gasteiger partial charge in [0.2, 0.25) is 5.75 Å². The Morgan fingerprint density at radius 3 is 2.60 bits per heavy atom. The summed E-state index contributed by atoms with van der Waals surface area (Å²) in [6.07, 6.45) is -0.971. The summed E-state index contributed by atoms with van der Waals surface area (Å²) in [5.74, 6) is -0.114. The van der Waals surface area contributed by atoms with E-state index in [0.717, 1.165) is 0 Å². The highest BCUT2D eigenvalue weighted by Crippen LogP contribution is 2.39. The van der Waals surface area contributed by atoms with E-state index >= 15 is 0 Å². The molecule has 0 saturated carbocycles. The van der Waals surface area contributed by atoms with Crippen LogP contribution in [-0.2, 0) is 4.74 Å². The number of aromatic hydroxyl groups is 1. The zero-order chi connectivity index (χ0) is 15.1. The van der Waals surface area contributed by atoms with Gasteiger partial charge in [0.15, 0.2) is 18.3 Å². The highest BCUT2D eigenvalue weighted by Gasteiger charge is 2.19. The summed E-state index contributed by atoms with van der Waals surface area (Å²) in [7, 11) is 1.43. The highest BCUT2D eigenvalue weighted by molar-refractivity contribution is 5.53. The van der Waals surface area contributed by atoms with Crippen molar-refractivity contribution < 1.29 is 28.8 Å². The summed E-state index contributed by atoms with van der Waals surface area (Å²) in [6, 6.07) is 2.25. The van der Waals surface area contributed by atoms with E-state index in [2.05, 4.69) is 0 Å². The van der Waals surface area contributed by atoms with E-state index in [0.29, 0.717) is 5.56 Å². The third-order valence-electron chi connectivity index (χ3n) is 2.55. The Morgan fingerprint density at radius 2 is 2.05 bits per heavy atom. The van der Waals surface area contributed by atoms with Gasteiger partial charge in [-0.1, -0.05) is 0 Å². The summed E-state index contributed by atoms with van der Waals surface area (Å²) in [6.45, 7) is 0.632. The monoisotopic (exact) mass is 289 g/mol. The summed E-state index contributed by atoms with van der Waals surface area (Å²) in [5.41, 5.74) is 5.98. The fourth-order valence-corrected chi connectivity index (χ4v) is 1.60. The maximum Gasteiger partial charge on any atom is 0.203 e. The molecule has 20 heavy (non-hydrogen) atoms. The second-order valence-electron chi connectivity index (χ2n) is 4.26. The Bertz CT molecular complexity index is 427. The molecule has 1 aromatic rings. The second kappa shape index (κ2) is 7.88. The van der Waals surface area contributed by atoms with Gasteiger partial charge in [-0.3, -0.25) is 0 Å². The van der Waals surface area contributed by atoms with Crippen molar-refractivity contribution in [2.45, 2.75) is 19.1 Å². The van der Waals surface area contributed by atoms with E-state index in [1.807, 2.05) is 0 Å². The molecule has 0 bridgehead atoms. The van der Waals surface area contributed by atoms with E-state index in [1.54, 1.807) is 6.92 Å². The number of hydrogen-bond acceptors (Lipinski definition) is 6. The molecule has 0 saturated heterocycles. The van der Waals surface area contributed by atoms with Crippen molar-refractivity contribution in [2.24, 2.45) is 5.73 Å². The number of aliphatic hydroxyl groups excluding tert-OH is 1. The third kappa shape index (κ3) is 4.22. The van der Waals surface area contributed by atoms with Crippen molar-refractivity contribution in [1.29, 1.82) is 0 Å². The largest absolute Gasteiger partial charge is 0.504 e. The average molecular weight is 289 g/mol. The number of ether oxygens (including phenoxy) is 3. The van der Waals surface area contributed by atoms with Gasteiger partial charge in [0, 0.05) is 13.2 Å². The van der Waals surface area contributed by atoms with Gasteiger partial charge in [0.25, 0.3) is 0 Å². The van der Waals surface area contributed by atoms with Crippen LogP contribution in [0.2, 0.25) is 0 Å². The maximum atomic E-state index is 12.2. The number of aliphatic hydroxyl groups is 1. The molecule has 0 spiro atoms. The zero-order valence-corrected chi connectivity index (χ0v) is 11.5. The van der Waals surface area contributed by atoms with Crippen molar-refractivity contribution in [3.63, 3.8) is 0 Å². The molecule has 4 N–H and O–H groups in total. The number of methoxy groups -OCH3 is 1. The summed E-state index contributed by atoms with van der Waals surface area (Å²) >= 11 is 0. The van der Waals surface area contributed by atoms with Crippen molar-refractivity contribution in [3.8, 4) is 17.2 Å². The molecular formula is C13H20FNO5. The van der Waals surface area contributed by atoms with E-state index in [-0.39, 0.29) is 30.6 Å².